The van der Waals surface area contributed by atoms with Crippen molar-refractivity contribution in [1.29, 1.82) is 0 Å². The molecule has 4 heteroatoms. The summed E-state index contributed by atoms with van der Waals surface area (Å²) in [5.41, 5.74) is 0.694. The molecule has 3 aliphatic rings. The lowest BCUT2D eigenvalue weighted by Gasteiger charge is -2.43. The second kappa shape index (κ2) is 5.54. The number of hydrogen-bond acceptors (Lipinski definition) is 3. The average Bonchev–Trinajstić information content (AvgIpc) is 2.90. The van der Waals surface area contributed by atoms with Crippen molar-refractivity contribution in [2.24, 2.45) is 16.7 Å². The van der Waals surface area contributed by atoms with E-state index in [0.717, 1.165) is 32.0 Å². The highest BCUT2D eigenvalue weighted by atomic mass is 16.5. The van der Waals surface area contributed by atoms with E-state index < -0.39 is 0 Å². The maximum absolute atomic E-state index is 12.2. The number of nitrogens with one attached hydrogen (secondary N) is 2. The van der Waals surface area contributed by atoms with Crippen molar-refractivity contribution in [2.75, 3.05) is 19.8 Å². The molecule has 0 aromatic carbocycles. The van der Waals surface area contributed by atoms with Crippen molar-refractivity contribution in [3.63, 3.8) is 0 Å². The number of hydrogen-bond donors (Lipinski definition) is 2. The van der Waals surface area contributed by atoms with Crippen molar-refractivity contribution in [2.45, 2.75) is 65.0 Å². The van der Waals surface area contributed by atoms with Crippen LogP contribution in [-0.4, -0.2) is 37.7 Å². The summed E-state index contributed by atoms with van der Waals surface area (Å²) in [6, 6.07) is 0.765. The van der Waals surface area contributed by atoms with Gasteiger partial charge in [-0.1, -0.05) is 20.8 Å². The molecule has 3 unspecified atom stereocenters. The maximum Gasteiger partial charge on any atom is 0.234 e. The highest BCUT2D eigenvalue weighted by Crippen LogP contribution is 2.62. The summed E-state index contributed by atoms with van der Waals surface area (Å²) in [6.45, 7) is 9.14. The Balaban J connectivity index is 1.51. The molecule has 0 radical (unpaired) electrons. The Morgan fingerprint density at radius 3 is 2.52 bits per heavy atom. The molecule has 3 fully saturated rings. The largest absolute Gasteiger partial charge is 0.381 e. The zero-order chi connectivity index (χ0) is 15.1. The zero-order valence-electron chi connectivity index (χ0n) is 13.7. The Morgan fingerprint density at radius 2 is 1.90 bits per heavy atom. The molecule has 3 atom stereocenters. The molecule has 1 amide bonds. The van der Waals surface area contributed by atoms with Gasteiger partial charge in [-0.2, -0.15) is 0 Å². The minimum atomic E-state index is 0.143. The molecule has 1 aliphatic heterocycles. The minimum absolute atomic E-state index is 0.143. The van der Waals surface area contributed by atoms with Crippen molar-refractivity contribution < 1.29 is 9.53 Å². The molecular weight excluding hydrogens is 264 g/mol. The molecule has 1 heterocycles. The summed E-state index contributed by atoms with van der Waals surface area (Å²) in [7, 11) is 0. The summed E-state index contributed by atoms with van der Waals surface area (Å²) in [4.78, 5) is 12.2. The van der Waals surface area contributed by atoms with Gasteiger partial charge in [0, 0.05) is 25.3 Å². The van der Waals surface area contributed by atoms with Gasteiger partial charge in [0.2, 0.25) is 5.91 Å². The van der Waals surface area contributed by atoms with Gasteiger partial charge in [-0.15, -0.1) is 0 Å². The number of rotatable bonds is 4. The Labute approximate surface area is 128 Å². The lowest BCUT2D eigenvalue weighted by Crippen LogP contribution is -2.53. The molecule has 21 heavy (non-hydrogen) atoms. The lowest BCUT2D eigenvalue weighted by molar-refractivity contribution is -0.122. The first-order valence-electron chi connectivity index (χ1n) is 8.52. The van der Waals surface area contributed by atoms with Crippen LogP contribution in [0.1, 0.15) is 52.9 Å². The SMILES string of the molecule is CC12CCC(C1)C(C)(C)C2NCC(=O)NC1CCOCC1. The van der Waals surface area contributed by atoms with Crippen molar-refractivity contribution >= 4 is 5.91 Å². The summed E-state index contributed by atoms with van der Waals surface area (Å²) >= 11 is 0. The number of fused-ring (bicyclic) bond motifs is 2. The van der Waals surface area contributed by atoms with Gasteiger partial charge >= 0.3 is 0 Å². The molecule has 120 valence electrons. The van der Waals surface area contributed by atoms with Crippen molar-refractivity contribution in [1.82, 2.24) is 10.6 Å². The second-order valence-corrected chi connectivity index (χ2v) is 8.18. The lowest BCUT2D eigenvalue weighted by atomic mass is 9.68. The normalized spacial score (nSPS) is 38.6. The molecule has 2 saturated carbocycles. The fourth-order valence-corrected chi connectivity index (χ4v) is 5.13. The molecule has 2 bridgehead atoms. The summed E-state index contributed by atoms with van der Waals surface area (Å²) < 4.78 is 5.33. The number of carbonyl (C=O) groups is 1. The first kappa shape index (κ1) is 15.3. The Kier molecular flexibility index (Phi) is 4.04. The Hall–Kier alpha value is -0.610. The molecule has 4 nitrogen and oxygen atoms in total. The third-order valence-corrected chi connectivity index (χ3v) is 6.32. The molecule has 1 saturated heterocycles. The standard InChI is InChI=1S/C17H30N2O2/c1-16(2)12-4-7-17(3,10-12)15(16)18-11-14(20)19-13-5-8-21-9-6-13/h12-13,15,18H,4-11H2,1-3H3,(H,19,20). The second-order valence-electron chi connectivity index (χ2n) is 8.18. The Bertz CT molecular complexity index is 399. The maximum atomic E-state index is 12.2. The number of ether oxygens (including phenoxy) is 1. The van der Waals surface area contributed by atoms with Crippen LogP contribution in [0.2, 0.25) is 0 Å². The van der Waals surface area contributed by atoms with Gasteiger partial charge in [-0.05, 0) is 48.9 Å². The smallest absolute Gasteiger partial charge is 0.234 e. The van der Waals surface area contributed by atoms with E-state index in [1.807, 2.05) is 0 Å². The van der Waals surface area contributed by atoms with Gasteiger partial charge in [0.25, 0.3) is 0 Å². The summed E-state index contributed by atoms with van der Waals surface area (Å²) in [5.74, 6) is 0.961. The third-order valence-electron chi connectivity index (χ3n) is 6.32. The highest BCUT2D eigenvalue weighted by molar-refractivity contribution is 5.78. The zero-order valence-corrected chi connectivity index (χ0v) is 13.7. The molecular formula is C17H30N2O2. The van der Waals surface area contributed by atoms with Gasteiger partial charge in [0.15, 0.2) is 0 Å². The van der Waals surface area contributed by atoms with E-state index in [4.69, 9.17) is 4.74 Å². The van der Waals surface area contributed by atoms with E-state index in [9.17, 15) is 4.79 Å². The van der Waals surface area contributed by atoms with Crippen LogP contribution in [0.5, 0.6) is 0 Å². The topological polar surface area (TPSA) is 50.4 Å². The molecule has 0 aromatic heterocycles. The van der Waals surface area contributed by atoms with Crippen molar-refractivity contribution in [3.05, 3.63) is 0 Å². The van der Waals surface area contributed by atoms with Crippen molar-refractivity contribution in [3.8, 4) is 0 Å². The van der Waals surface area contributed by atoms with E-state index in [-0.39, 0.29) is 5.91 Å². The summed E-state index contributed by atoms with van der Waals surface area (Å²) in [6.07, 6.45) is 5.87. The molecule has 0 aromatic rings. The average molecular weight is 294 g/mol. The van der Waals surface area contributed by atoms with Gasteiger partial charge < -0.3 is 15.4 Å². The Morgan fingerprint density at radius 1 is 1.19 bits per heavy atom. The van der Waals surface area contributed by atoms with Crippen LogP contribution in [0, 0.1) is 16.7 Å². The van der Waals surface area contributed by atoms with Crippen LogP contribution in [-0.2, 0) is 9.53 Å². The number of amides is 1. The fourth-order valence-electron chi connectivity index (χ4n) is 5.13. The van der Waals surface area contributed by atoms with Gasteiger partial charge in [0.1, 0.15) is 0 Å². The quantitative estimate of drug-likeness (QED) is 0.835. The first-order chi connectivity index (χ1) is 9.92. The third kappa shape index (κ3) is 2.85. The molecule has 3 rings (SSSR count). The predicted octanol–water partition coefficient (Wildman–Crippen LogP) is 2.09. The van der Waals surface area contributed by atoms with Gasteiger partial charge in [-0.25, -0.2) is 0 Å². The van der Waals surface area contributed by atoms with E-state index in [1.54, 1.807) is 0 Å². The predicted molar refractivity (Wildman–Crippen MR) is 83.0 cm³/mol. The van der Waals surface area contributed by atoms with E-state index in [0.29, 0.717) is 29.5 Å². The van der Waals surface area contributed by atoms with Gasteiger partial charge in [0.05, 0.1) is 6.54 Å². The van der Waals surface area contributed by atoms with Crippen LogP contribution in [0.3, 0.4) is 0 Å². The van der Waals surface area contributed by atoms with Crippen LogP contribution in [0.4, 0.5) is 0 Å². The fraction of sp³-hybridized carbons (Fsp3) is 0.941. The monoisotopic (exact) mass is 294 g/mol. The highest BCUT2D eigenvalue weighted by Gasteiger charge is 2.58. The van der Waals surface area contributed by atoms with Gasteiger partial charge in [-0.3, -0.25) is 4.79 Å². The van der Waals surface area contributed by atoms with E-state index in [1.165, 1.54) is 19.3 Å². The molecule has 2 N–H and O–H groups in total. The molecule has 0 spiro atoms. The summed E-state index contributed by atoms with van der Waals surface area (Å²) in [5, 5.41) is 6.74. The van der Waals surface area contributed by atoms with Crippen LogP contribution < -0.4 is 10.6 Å². The molecule has 2 aliphatic carbocycles. The van der Waals surface area contributed by atoms with Crippen LogP contribution in [0.15, 0.2) is 0 Å². The first-order valence-corrected chi connectivity index (χ1v) is 8.52. The van der Waals surface area contributed by atoms with Crippen LogP contribution in [0.25, 0.3) is 0 Å². The minimum Gasteiger partial charge on any atom is -0.381 e. The van der Waals surface area contributed by atoms with E-state index in [2.05, 4.69) is 31.4 Å². The number of carbonyl (C=O) groups excluding carboxylic acids is 1. The van der Waals surface area contributed by atoms with E-state index >= 15 is 0 Å². The van der Waals surface area contributed by atoms with Crippen LogP contribution >= 0.6 is 0 Å².